The molecule has 1 saturated heterocycles. The zero-order chi connectivity index (χ0) is 26.3. The van der Waals surface area contributed by atoms with E-state index in [1.54, 1.807) is 6.08 Å². The van der Waals surface area contributed by atoms with Gasteiger partial charge in [-0.25, -0.2) is 0 Å². The van der Waals surface area contributed by atoms with E-state index in [0.717, 1.165) is 55.0 Å². The summed E-state index contributed by atoms with van der Waals surface area (Å²) in [6, 6.07) is 10.6. The number of carbonyl (C=O) groups excluding carboxylic acids is 2. The summed E-state index contributed by atoms with van der Waals surface area (Å²) >= 11 is 1.19. The van der Waals surface area contributed by atoms with Gasteiger partial charge in [-0.15, -0.1) is 0 Å². The number of benzene rings is 1. The lowest BCUT2D eigenvalue weighted by atomic mass is 9.98. The van der Waals surface area contributed by atoms with Gasteiger partial charge in [0.15, 0.2) is 5.84 Å². The van der Waals surface area contributed by atoms with Crippen LogP contribution in [0.5, 0.6) is 0 Å². The van der Waals surface area contributed by atoms with Gasteiger partial charge in [0.25, 0.3) is 5.91 Å². The molecule has 1 aromatic carbocycles. The average molecular weight is 517 g/mol. The molecule has 4 heterocycles. The van der Waals surface area contributed by atoms with E-state index in [9.17, 15) is 9.59 Å². The van der Waals surface area contributed by atoms with E-state index in [-0.39, 0.29) is 23.7 Å². The molecule has 0 unspecified atom stereocenters. The molecule has 3 aliphatic heterocycles. The van der Waals surface area contributed by atoms with Crippen LogP contribution in [0.2, 0.25) is 0 Å². The smallest absolute Gasteiger partial charge is 0.283 e. The molecule has 9 heteroatoms. The first-order valence-electron chi connectivity index (χ1n) is 12.8. The highest BCUT2D eigenvalue weighted by Crippen LogP contribution is 2.31. The zero-order valence-corrected chi connectivity index (χ0v) is 22.6. The van der Waals surface area contributed by atoms with E-state index in [4.69, 9.17) is 5.41 Å². The lowest BCUT2D eigenvalue weighted by Gasteiger charge is -2.20. The first-order valence-corrected chi connectivity index (χ1v) is 13.6. The molecule has 0 radical (unpaired) electrons. The molecule has 0 saturated carbocycles. The summed E-state index contributed by atoms with van der Waals surface area (Å²) in [4.78, 5) is 31.5. The molecular formula is C28H32N6O2S. The molecule has 0 aliphatic carbocycles. The normalized spacial score (nSPS) is 19.4. The Morgan fingerprint density at radius 3 is 2.57 bits per heavy atom. The van der Waals surface area contributed by atoms with Crippen LogP contribution < -0.4 is 0 Å². The molecular weight excluding hydrogens is 484 g/mol. The number of aryl methyl sites for hydroxylation is 1. The molecule has 0 bridgehead atoms. The van der Waals surface area contributed by atoms with E-state index < -0.39 is 5.91 Å². The van der Waals surface area contributed by atoms with Crippen LogP contribution >= 0.6 is 11.8 Å². The topological polar surface area (TPSA) is 94.1 Å². The Kier molecular flexibility index (Phi) is 6.90. The summed E-state index contributed by atoms with van der Waals surface area (Å²) in [6.45, 7) is 10.0. The van der Waals surface area contributed by atoms with Gasteiger partial charge >= 0.3 is 0 Å². The minimum Gasteiger partial charge on any atom is -0.342 e. The standard InChI is InChI=1S/C28H32N6O2S/c1-5-17(2)20-8-10-22(11-9-20)33-18(3)14-21(19(33)4)15-23-26(29)34-28(30-27(23)36)37-24(31-34)16-25(35)32-12-6-7-13-32/h8-11,14-15,17,29H,5-7,12-13,16H2,1-4H3/b23-15-,29-26?/t17-/m1/s1. The second-order valence-electron chi connectivity index (χ2n) is 9.84. The maximum atomic E-state index is 12.9. The number of amides is 2. The van der Waals surface area contributed by atoms with Crippen molar-refractivity contribution >= 4 is 45.7 Å². The van der Waals surface area contributed by atoms with Crippen molar-refractivity contribution in [3.05, 3.63) is 58.4 Å². The van der Waals surface area contributed by atoms with E-state index in [2.05, 4.69) is 52.8 Å². The van der Waals surface area contributed by atoms with Crippen molar-refractivity contribution < 1.29 is 9.59 Å². The maximum absolute atomic E-state index is 12.9. The van der Waals surface area contributed by atoms with Crippen LogP contribution in [0.4, 0.5) is 0 Å². The van der Waals surface area contributed by atoms with Gasteiger partial charge in [0.2, 0.25) is 11.1 Å². The van der Waals surface area contributed by atoms with Gasteiger partial charge in [-0.3, -0.25) is 15.0 Å². The van der Waals surface area contributed by atoms with E-state index in [1.165, 1.54) is 22.3 Å². The minimum absolute atomic E-state index is 0.0196. The van der Waals surface area contributed by atoms with Gasteiger partial charge < -0.3 is 9.47 Å². The van der Waals surface area contributed by atoms with Crippen LogP contribution in [-0.4, -0.2) is 55.4 Å². The number of rotatable bonds is 6. The third kappa shape index (κ3) is 4.80. The second kappa shape index (κ2) is 10.1. The lowest BCUT2D eigenvalue weighted by molar-refractivity contribution is -0.128. The Morgan fingerprint density at radius 1 is 1.19 bits per heavy atom. The van der Waals surface area contributed by atoms with Crippen molar-refractivity contribution in [2.75, 3.05) is 13.1 Å². The predicted octanol–water partition coefficient (Wildman–Crippen LogP) is 5.24. The van der Waals surface area contributed by atoms with Crippen molar-refractivity contribution in [2.45, 2.75) is 59.3 Å². The van der Waals surface area contributed by atoms with Crippen LogP contribution in [0, 0.1) is 19.3 Å². The molecule has 1 aromatic heterocycles. The third-order valence-electron chi connectivity index (χ3n) is 7.36. The van der Waals surface area contributed by atoms with Gasteiger partial charge in [-0.05, 0) is 86.2 Å². The summed E-state index contributed by atoms with van der Waals surface area (Å²) in [5, 5.41) is 15.4. The van der Waals surface area contributed by atoms with Gasteiger partial charge in [-0.2, -0.15) is 15.1 Å². The molecule has 1 atom stereocenters. The summed E-state index contributed by atoms with van der Waals surface area (Å²) in [5.74, 6) is 0.0605. The zero-order valence-electron chi connectivity index (χ0n) is 21.7. The highest BCUT2D eigenvalue weighted by molar-refractivity contribution is 8.27. The Balaban J connectivity index is 1.39. The average Bonchev–Trinajstić information content (AvgIpc) is 3.61. The first kappa shape index (κ1) is 25.2. The second-order valence-corrected chi connectivity index (χ2v) is 10.9. The molecule has 8 nitrogen and oxygen atoms in total. The Morgan fingerprint density at radius 2 is 1.89 bits per heavy atom. The van der Waals surface area contributed by atoms with Crippen LogP contribution in [-0.2, 0) is 9.59 Å². The predicted molar refractivity (Wildman–Crippen MR) is 149 cm³/mol. The molecule has 1 N–H and O–H groups in total. The number of nitrogens with zero attached hydrogens (tertiary/aromatic N) is 5. The molecule has 2 aromatic rings. The summed E-state index contributed by atoms with van der Waals surface area (Å²) in [5.41, 5.74) is 5.44. The highest BCUT2D eigenvalue weighted by Gasteiger charge is 2.36. The van der Waals surface area contributed by atoms with Crippen molar-refractivity contribution in [2.24, 2.45) is 10.1 Å². The Labute approximate surface area is 221 Å². The number of hydrogen-bond acceptors (Lipinski definition) is 5. The molecule has 0 spiro atoms. The number of aliphatic imine (C=N–C) groups is 1. The molecule has 192 valence electrons. The quantitative estimate of drug-likeness (QED) is 0.532. The molecule has 1 fully saturated rings. The monoisotopic (exact) mass is 516 g/mol. The van der Waals surface area contributed by atoms with Gasteiger partial charge in [0.1, 0.15) is 5.04 Å². The van der Waals surface area contributed by atoms with Crippen LogP contribution in [0.3, 0.4) is 0 Å². The molecule has 2 amide bonds. The van der Waals surface area contributed by atoms with Crippen LogP contribution in [0.25, 0.3) is 11.8 Å². The van der Waals surface area contributed by atoms with Gasteiger partial charge in [0.05, 0.1) is 12.0 Å². The fraction of sp³-hybridized carbons (Fsp3) is 0.393. The molecule has 37 heavy (non-hydrogen) atoms. The van der Waals surface area contributed by atoms with Gasteiger partial charge in [-0.1, -0.05) is 26.0 Å². The number of nitrogens with one attached hydrogen (secondary N) is 1. The lowest BCUT2D eigenvalue weighted by Crippen LogP contribution is -2.35. The number of aromatic nitrogens is 1. The first-order chi connectivity index (χ1) is 17.8. The molecule has 3 aliphatic rings. The minimum atomic E-state index is -0.464. The highest BCUT2D eigenvalue weighted by atomic mass is 32.2. The number of carbonyl (C=O) groups is 2. The Bertz CT molecular complexity index is 1360. The number of likely N-dealkylation sites (tertiary alicyclic amines) is 1. The third-order valence-corrected chi connectivity index (χ3v) is 8.27. The van der Waals surface area contributed by atoms with E-state index in [0.29, 0.717) is 16.1 Å². The number of hydrogen-bond donors (Lipinski definition) is 1. The van der Waals surface area contributed by atoms with Crippen LogP contribution in [0.15, 0.2) is 46.0 Å². The summed E-state index contributed by atoms with van der Waals surface area (Å²) < 4.78 is 2.16. The van der Waals surface area contributed by atoms with Crippen molar-refractivity contribution in [1.29, 1.82) is 5.41 Å². The number of hydrazone groups is 1. The summed E-state index contributed by atoms with van der Waals surface area (Å²) in [7, 11) is 0. The fourth-order valence-corrected chi connectivity index (χ4v) is 5.86. The van der Waals surface area contributed by atoms with E-state index in [1.807, 2.05) is 24.8 Å². The number of thioether (sulfide) groups is 1. The SMILES string of the molecule is CC[C@@H](C)c1ccc(-n2c(C)cc(/C=C3/C(=N)N4N=C(CC(=O)N5CCCC5)SC4=NC3=O)c2C)cc1. The number of fused-ring (bicyclic) bond motifs is 1. The largest absolute Gasteiger partial charge is 0.342 e. The van der Waals surface area contributed by atoms with Crippen molar-refractivity contribution in [1.82, 2.24) is 14.5 Å². The fourth-order valence-electron chi connectivity index (χ4n) is 4.99. The van der Waals surface area contributed by atoms with Crippen LogP contribution in [0.1, 0.15) is 68.0 Å². The summed E-state index contributed by atoms with van der Waals surface area (Å²) in [6.07, 6.45) is 5.05. The Hall–Kier alpha value is -3.46. The number of amidine groups is 2. The molecule has 5 rings (SSSR count). The maximum Gasteiger partial charge on any atom is 0.283 e. The van der Waals surface area contributed by atoms with Crippen molar-refractivity contribution in [3.8, 4) is 5.69 Å². The van der Waals surface area contributed by atoms with Gasteiger partial charge in [0, 0.05) is 30.2 Å². The van der Waals surface area contributed by atoms with Crippen molar-refractivity contribution in [3.63, 3.8) is 0 Å². The van der Waals surface area contributed by atoms with E-state index >= 15 is 0 Å².